The van der Waals surface area contributed by atoms with Crippen LogP contribution in [0.25, 0.3) is 22.2 Å². The van der Waals surface area contributed by atoms with E-state index in [-0.39, 0.29) is 0 Å². The monoisotopic (exact) mass is 464 g/mol. The van der Waals surface area contributed by atoms with Crippen LogP contribution in [0, 0.1) is 0 Å². The molecule has 0 spiro atoms. The van der Waals surface area contributed by atoms with E-state index in [2.05, 4.69) is 27.0 Å². The molecule has 0 saturated heterocycles. The van der Waals surface area contributed by atoms with Crippen LogP contribution in [0.4, 0.5) is 30.4 Å². The Kier molecular flexibility index (Phi) is 5.39. The maximum absolute atomic E-state index is 13.3. The highest BCUT2D eigenvalue weighted by atomic mass is 19.4. The molecule has 0 radical (unpaired) electrons. The van der Waals surface area contributed by atoms with Crippen LogP contribution in [0.3, 0.4) is 0 Å². The summed E-state index contributed by atoms with van der Waals surface area (Å²) < 4.78 is 39.8. The zero-order valence-corrected chi connectivity index (χ0v) is 18.5. The maximum atomic E-state index is 13.3. The largest absolute Gasteiger partial charge is 0.416 e. The number of aromatic amines is 1. The summed E-state index contributed by atoms with van der Waals surface area (Å²) in [6.45, 7) is 5.72. The lowest BCUT2D eigenvalue weighted by Crippen LogP contribution is -2.28. The van der Waals surface area contributed by atoms with Gasteiger partial charge in [-0.05, 0) is 48.9 Å². The zero-order valence-electron chi connectivity index (χ0n) is 18.5. The number of fused-ring (bicyclic) bond motifs is 2. The van der Waals surface area contributed by atoms with Crippen LogP contribution < -0.4 is 15.1 Å². The van der Waals surface area contributed by atoms with Gasteiger partial charge in [0.05, 0.1) is 28.7 Å². The molecular weight excluding hydrogens is 441 g/mol. The molecule has 2 aromatic heterocycles. The normalized spacial score (nSPS) is 14.1. The standard InChI is InChI=1S/C25H23F3N6/c1-16(30-20-7-8-22-18(14-20)15-29-32-22)34-12-4-11-33(2)23-10-9-21(31-24(23)34)17-5-3-6-19(13-17)25(26,27)28/h3,5-10,13-15,30H,1,4,11-12H2,2H3,(H,29,32). The zero-order chi connectivity index (χ0) is 23.9. The molecule has 9 heteroatoms. The van der Waals surface area contributed by atoms with Gasteiger partial charge in [-0.25, -0.2) is 4.98 Å². The molecule has 2 aromatic carbocycles. The smallest absolute Gasteiger partial charge is 0.372 e. The molecule has 1 aliphatic rings. The fourth-order valence-electron chi connectivity index (χ4n) is 4.16. The van der Waals surface area contributed by atoms with E-state index in [1.54, 1.807) is 18.3 Å². The first-order valence-electron chi connectivity index (χ1n) is 10.9. The molecule has 0 saturated carbocycles. The van der Waals surface area contributed by atoms with E-state index < -0.39 is 11.7 Å². The highest BCUT2D eigenvalue weighted by molar-refractivity contribution is 5.82. The van der Waals surface area contributed by atoms with Gasteiger partial charge in [-0.3, -0.25) is 5.10 Å². The first-order valence-corrected chi connectivity index (χ1v) is 10.9. The Morgan fingerprint density at radius 1 is 1.09 bits per heavy atom. The number of aromatic nitrogens is 3. The molecule has 0 aliphatic carbocycles. The van der Waals surface area contributed by atoms with Crippen LogP contribution in [0.2, 0.25) is 0 Å². The summed E-state index contributed by atoms with van der Waals surface area (Å²) >= 11 is 0. The van der Waals surface area contributed by atoms with Crippen molar-refractivity contribution in [3.8, 4) is 11.3 Å². The van der Waals surface area contributed by atoms with Gasteiger partial charge in [-0.15, -0.1) is 0 Å². The summed E-state index contributed by atoms with van der Waals surface area (Å²) in [6.07, 6.45) is -1.79. The van der Waals surface area contributed by atoms with Crippen molar-refractivity contribution in [1.29, 1.82) is 0 Å². The van der Waals surface area contributed by atoms with Crippen molar-refractivity contribution in [1.82, 2.24) is 15.2 Å². The highest BCUT2D eigenvalue weighted by Crippen LogP contribution is 2.36. The molecule has 4 aromatic rings. The van der Waals surface area contributed by atoms with Crippen LogP contribution in [-0.2, 0) is 6.18 Å². The molecular formula is C25H23F3N6. The second-order valence-electron chi connectivity index (χ2n) is 8.29. The van der Waals surface area contributed by atoms with E-state index >= 15 is 0 Å². The van der Waals surface area contributed by atoms with Crippen molar-refractivity contribution in [2.45, 2.75) is 12.6 Å². The van der Waals surface area contributed by atoms with Crippen molar-refractivity contribution in [3.63, 3.8) is 0 Å². The van der Waals surface area contributed by atoms with Gasteiger partial charge in [0.15, 0.2) is 5.82 Å². The third kappa shape index (κ3) is 4.16. The molecule has 0 atom stereocenters. The summed E-state index contributed by atoms with van der Waals surface area (Å²) in [7, 11) is 1.98. The summed E-state index contributed by atoms with van der Waals surface area (Å²) in [4.78, 5) is 8.89. The van der Waals surface area contributed by atoms with Crippen LogP contribution >= 0.6 is 0 Å². The summed E-state index contributed by atoms with van der Waals surface area (Å²) in [5.41, 5.74) is 2.86. The van der Waals surface area contributed by atoms with Crippen LogP contribution in [-0.4, -0.2) is 35.3 Å². The number of pyridine rings is 1. The molecule has 3 heterocycles. The average Bonchev–Trinajstić information content (AvgIpc) is 3.22. The number of hydrogen-bond acceptors (Lipinski definition) is 5. The number of anilines is 3. The first-order chi connectivity index (χ1) is 16.3. The minimum absolute atomic E-state index is 0.411. The Morgan fingerprint density at radius 2 is 1.94 bits per heavy atom. The summed E-state index contributed by atoms with van der Waals surface area (Å²) in [5, 5.41) is 11.3. The van der Waals surface area contributed by atoms with Crippen LogP contribution in [0.1, 0.15) is 12.0 Å². The van der Waals surface area contributed by atoms with Gasteiger partial charge in [0.2, 0.25) is 0 Å². The highest BCUT2D eigenvalue weighted by Gasteiger charge is 2.31. The Hall–Kier alpha value is -4.01. The third-order valence-corrected chi connectivity index (χ3v) is 5.94. The van der Waals surface area contributed by atoms with Crippen molar-refractivity contribution < 1.29 is 13.2 Å². The minimum Gasteiger partial charge on any atom is -0.372 e. The van der Waals surface area contributed by atoms with Gasteiger partial charge in [-0.2, -0.15) is 18.3 Å². The summed E-state index contributed by atoms with van der Waals surface area (Å²) in [5.74, 6) is 1.28. The second kappa shape index (κ2) is 8.40. The molecule has 0 unspecified atom stereocenters. The van der Waals surface area contributed by atoms with E-state index in [1.807, 2.05) is 36.2 Å². The Balaban J connectivity index is 1.50. The number of alkyl halides is 3. The molecule has 174 valence electrons. The number of rotatable bonds is 4. The number of H-pyrrole nitrogens is 1. The predicted molar refractivity (Wildman–Crippen MR) is 129 cm³/mol. The second-order valence-corrected chi connectivity index (χ2v) is 8.29. The molecule has 6 nitrogen and oxygen atoms in total. The molecule has 5 rings (SSSR count). The van der Waals surface area contributed by atoms with Crippen molar-refractivity contribution in [2.75, 3.05) is 35.3 Å². The average molecular weight is 464 g/mol. The van der Waals surface area contributed by atoms with Gasteiger partial charge in [-0.1, -0.05) is 18.7 Å². The van der Waals surface area contributed by atoms with Gasteiger partial charge in [0.25, 0.3) is 0 Å². The Labute approximate surface area is 194 Å². The molecule has 0 fully saturated rings. The summed E-state index contributed by atoms with van der Waals surface area (Å²) in [6, 6.07) is 14.8. The molecule has 2 N–H and O–H groups in total. The minimum atomic E-state index is -4.41. The maximum Gasteiger partial charge on any atom is 0.416 e. The van der Waals surface area contributed by atoms with E-state index in [9.17, 15) is 13.2 Å². The quantitative estimate of drug-likeness (QED) is 0.395. The van der Waals surface area contributed by atoms with E-state index in [0.717, 1.165) is 47.4 Å². The van der Waals surface area contributed by atoms with Crippen molar-refractivity contribution in [3.05, 3.63) is 78.8 Å². The number of nitrogens with one attached hydrogen (secondary N) is 2. The molecule has 0 amide bonds. The lowest BCUT2D eigenvalue weighted by atomic mass is 10.1. The molecule has 1 aliphatic heterocycles. The Bertz CT molecular complexity index is 1360. The van der Waals surface area contributed by atoms with Crippen LogP contribution in [0.15, 0.2) is 73.2 Å². The number of halogens is 3. The van der Waals surface area contributed by atoms with Gasteiger partial charge in [0.1, 0.15) is 5.82 Å². The topological polar surface area (TPSA) is 60.1 Å². The first kappa shape index (κ1) is 21.8. The van der Waals surface area contributed by atoms with Crippen LogP contribution in [0.5, 0.6) is 0 Å². The third-order valence-electron chi connectivity index (χ3n) is 5.94. The lowest BCUT2D eigenvalue weighted by molar-refractivity contribution is -0.137. The van der Waals surface area contributed by atoms with E-state index in [1.165, 1.54) is 6.07 Å². The van der Waals surface area contributed by atoms with E-state index in [0.29, 0.717) is 29.4 Å². The Morgan fingerprint density at radius 3 is 2.76 bits per heavy atom. The van der Waals surface area contributed by atoms with Crippen molar-refractivity contribution in [2.24, 2.45) is 0 Å². The fourth-order valence-corrected chi connectivity index (χ4v) is 4.16. The molecule has 34 heavy (non-hydrogen) atoms. The lowest BCUT2D eigenvalue weighted by Gasteiger charge is -2.27. The van der Waals surface area contributed by atoms with Gasteiger partial charge < -0.3 is 15.1 Å². The SMILES string of the molecule is C=C(Nc1ccc2[nH]ncc2c1)N1CCCN(C)c2ccc(-c3cccc(C(F)(F)F)c3)nc21. The van der Waals surface area contributed by atoms with Gasteiger partial charge in [0, 0.05) is 36.8 Å². The van der Waals surface area contributed by atoms with E-state index in [4.69, 9.17) is 4.98 Å². The predicted octanol–water partition coefficient (Wildman–Crippen LogP) is 5.87. The molecule has 0 bridgehead atoms. The number of benzene rings is 2. The number of hydrogen-bond donors (Lipinski definition) is 2. The fraction of sp³-hybridized carbons (Fsp3) is 0.200. The van der Waals surface area contributed by atoms with Crippen molar-refractivity contribution >= 4 is 28.1 Å². The van der Waals surface area contributed by atoms with Gasteiger partial charge >= 0.3 is 6.18 Å². The number of nitrogens with zero attached hydrogens (tertiary/aromatic N) is 4.